The van der Waals surface area contributed by atoms with Gasteiger partial charge in [-0.1, -0.05) is 6.42 Å². The Bertz CT molecular complexity index is 368. The van der Waals surface area contributed by atoms with Crippen LogP contribution in [-0.2, 0) is 24.1 Å². The van der Waals surface area contributed by atoms with Crippen LogP contribution in [0.4, 0.5) is 0 Å². The second-order valence-corrected chi connectivity index (χ2v) is 6.92. The van der Waals surface area contributed by atoms with E-state index in [-0.39, 0.29) is 0 Å². The molecule has 0 aliphatic heterocycles. The highest BCUT2D eigenvalue weighted by atomic mass is 32.1. The van der Waals surface area contributed by atoms with Gasteiger partial charge in [0.15, 0.2) is 0 Å². The summed E-state index contributed by atoms with van der Waals surface area (Å²) >= 11 is 2.02. The second-order valence-electron chi connectivity index (χ2n) is 5.70. The highest BCUT2D eigenvalue weighted by molar-refractivity contribution is 7.12. The van der Waals surface area contributed by atoms with Gasteiger partial charge >= 0.3 is 0 Å². The molecule has 4 heteroatoms. The molecule has 1 atom stereocenters. The van der Waals surface area contributed by atoms with Gasteiger partial charge in [-0.05, 0) is 44.2 Å². The number of nitrogens with one attached hydrogen (secondary N) is 2. The maximum Gasteiger partial charge on any atom is 0.0587 e. The second kappa shape index (κ2) is 8.78. The molecule has 114 valence electrons. The van der Waals surface area contributed by atoms with Crippen LogP contribution in [-0.4, -0.2) is 32.8 Å². The zero-order valence-electron chi connectivity index (χ0n) is 12.8. The topological polar surface area (TPSA) is 33.3 Å². The molecule has 2 N–H and O–H groups in total. The Balaban J connectivity index is 1.71. The molecular formula is C16H28N2OS. The number of hydrogen-bond donors (Lipinski definition) is 2. The third-order valence-corrected chi connectivity index (χ3v) is 5.09. The summed E-state index contributed by atoms with van der Waals surface area (Å²) in [6.07, 6.45) is 6.74. The van der Waals surface area contributed by atoms with Crippen molar-refractivity contribution in [1.82, 2.24) is 10.6 Å². The Kier molecular flexibility index (Phi) is 7.00. The minimum atomic E-state index is 0.494. The van der Waals surface area contributed by atoms with Crippen molar-refractivity contribution in [3.63, 3.8) is 0 Å². The highest BCUT2D eigenvalue weighted by Crippen LogP contribution is 2.28. The Morgan fingerprint density at radius 3 is 3.00 bits per heavy atom. The molecule has 0 spiro atoms. The van der Waals surface area contributed by atoms with E-state index < -0.39 is 0 Å². The zero-order valence-corrected chi connectivity index (χ0v) is 13.7. The first-order valence-electron chi connectivity index (χ1n) is 7.83. The smallest absolute Gasteiger partial charge is 0.0587 e. The van der Waals surface area contributed by atoms with Gasteiger partial charge in [-0.15, -0.1) is 11.3 Å². The van der Waals surface area contributed by atoms with Crippen LogP contribution < -0.4 is 10.6 Å². The summed E-state index contributed by atoms with van der Waals surface area (Å²) in [6.45, 7) is 5.94. The van der Waals surface area contributed by atoms with Gasteiger partial charge in [-0.25, -0.2) is 0 Å². The first-order valence-corrected chi connectivity index (χ1v) is 8.64. The molecule has 1 aromatic rings. The lowest BCUT2D eigenvalue weighted by molar-refractivity contribution is 0.198. The van der Waals surface area contributed by atoms with Crippen LogP contribution >= 0.6 is 11.3 Å². The van der Waals surface area contributed by atoms with E-state index in [9.17, 15) is 0 Å². The molecule has 1 aliphatic rings. The quantitative estimate of drug-likeness (QED) is 0.572. The molecule has 0 fully saturated rings. The first kappa shape index (κ1) is 16.0. The van der Waals surface area contributed by atoms with Gasteiger partial charge in [0.25, 0.3) is 0 Å². The van der Waals surface area contributed by atoms with E-state index in [1.807, 2.05) is 11.3 Å². The normalized spacial score (nSPS) is 16.7. The van der Waals surface area contributed by atoms with E-state index >= 15 is 0 Å². The average molecular weight is 296 g/mol. The van der Waals surface area contributed by atoms with Gasteiger partial charge in [0.1, 0.15) is 0 Å². The first-order chi connectivity index (χ1) is 9.79. The molecular weight excluding hydrogens is 268 g/mol. The number of rotatable bonds is 8. The fourth-order valence-corrected chi connectivity index (χ4v) is 3.87. The van der Waals surface area contributed by atoms with E-state index in [0.29, 0.717) is 6.04 Å². The molecule has 1 aliphatic carbocycles. The van der Waals surface area contributed by atoms with Gasteiger partial charge in [-0.2, -0.15) is 0 Å². The van der Waals surface area contributed by atoms with Gasteiger partial charge in [-0.3, -0.25) is 0 Å². The third kappa shape index (κ3) is 5.17. The number of fused-ring (bicyclic) bond motifs is 1. The molecule has 1 aromatic heterocycles. The van der Waals surface area contributed by atoms with Crippen LogP contribution in [0.3, 0.4) is 0 Å². The Labute approximate surface area is 127 Å². The molecule has 1 unspecified atom stereocenters. The Morgan fingerprint density at radius 2 is 2.15 bits per heavy atom. The largest absolute Gasteiger partial charge is 0.383 e. The molecule has 2 rings (SSSR count). The maximum absolute atomic E-state index is 5.03. The van der Waals surface area contributed by atoms with Crippen LogP contribution in [0, 0.1) is 0 Å². The van der Waals surface area contributed by atoms with E-state index in [0.717, 1.165) is 26.2 Å². The van der Waals surface area contributed by atoms with Gasteiger partial charge in [0, 0.05) is 42.5 Å². The summed E-state index contributed by atoms with van der Waals surface area (Å²) in [5.74, 6) is 0. The summed E-state index contributed by atoms with van der Waals surface area (Å²) in [6, 6.07) is 2.93. The standard InChI is InChI=1S/C16H28N2OS/c1-13(11-17-8-9-19-2)18-12-15-10-14-6-4-3-5-7-16(14)20-15/h10,13,17-18H,3-9,11-12H2,1-2H3. The van der Waals surface area contributed by atoms with E-state index in [2.05, 4.69) is 23.6 Å². The van der Waals surface area contributed by atoms with E-state index in [1.54, 1.807) is 17.6 Å². The summed E-state index contributed by atoms with van der Waals surface area (Å²) in [4.78, 5) is 3.14. The van der Waals surface area contributed by atoms with Crippen molar-refractivity contribution < 1.29 is 4.74 Å². The number of thiophene rings is 1. The van der Waals surface area contributed by atoms with Crippen molar-refractivity contribution in [2.24, 2.45) is 0 Å². The van der Waals surface area contributed by atoms with Crippen LogP contribution in [0.2, 0.25) is 0 Å². The van der Waals surface area contributed by atoms with Gasteiger partial charge < -0.3 is 15.4 Å². The summed E-state index contributed by atoms with van der Waals surface area (Å²) < 4.78 is 5.03. The molecule has 0 radical (unpaired) electrons. The fourth-order valence-electron chi connectivity index (χ4n) is 2.66. The van der Waals surface area contributed by atoms with Crippen molar-refractivity contribution in [3.8, 4) is 0 Å². The number of methoxy groups -OCH3 is 1. The number of ether oxygens (including phenoxy) is 1. The van der Waals surface area contributed by atoms with Gasteiger partial charge in [0.05, 0.1) is 6.61 Å². The lowest BCUT2D eigenvalue weighted by Gasteiger charge is -2.13. The lowest BCUT2D eigenvalue weighted by Crippen LogP contribution is -2.36. The molecule has 20 heavy (non-hydrogen) atoms. The zero-order chi connectivity index (χ0) is 14.2. The SMILES string of the molecule is COCCNCC(C)NCc1cc2c(s1)CCCCC2. The maximum atomic E-state index is 5.03. The van der Waals surface area contributed by atoms with Crippen molar-refractivity contribution in [1.29, 1.82) is 0 Å². The fraction of sp³-hybridized carbons (Fsp3) is 0.750. The van der Waals surface area contributed by atoms with Crippen molar-refractivity contribution in [3.05, 3.63) is 21.4 Å². The third-order valence-electron chi connectivity index (χ3n) is 3.86. The van der Waals surface area contributed by atoms with E-state index in [1.165, 1.54) is 37.0 Å². The predicted molar refractivity (Wildman–Crippen MR) is 86.6 cm³/mol. The lowest BCUT2D eigenvalue weighted by atomic mass is 10.1. The van der Waals surface area contributed by atoms with Crippen LogP contribution in [0.5, 0.6) is 0 Å². The van der Waals surface area contributed by atoms with Crippen molar-refractivity contribution in [2.75, 3.05) is 26.8 Å². The molecule has 3 nitrogen and oxygen atoms in total. The summed E-state index contributed by atoms with van der Waals surface area (Å²) in [7, 11) is 1.74. The van der Waals surface area contributed by atoms with Gasteiger partial charge in [0.2, 0.25) is 0 Å². The predicted octanol–water partition coefficient (Wildman–Crippen LogP) is 2.73. The minimum absolute atomic E-state index is 0.494. The molecule has 0 bridgehead atoms. The average Bonchev–Trinajstić information content (AvgIpc) is 2.71. The number of aryl methyl sites for hydroxylation is 2. The molecule has 0 saturated heterocycles. The van der Waals surface area contributed by atoms with Crippen LogP contribution in [0.15, 0.2) is 6.07 Å². The number of hydrogen-bond acceptors (Lipinski definition) is 4. The Morgan fingerprint density at radius 1 is 1.30 bits per heavy atom. The molecule has 0 saturated carbocycles. The molecule has 0 amide bonds. The van der Waals surface area contributed by atoms with E-state index in [4.69, 9.17) is 4.74 Å². The minimum Gasteiger partial charge on any atom is -0.383 e. The van der Waals surface area contributed by atoms with Crippen molar-refractivity contribution >= 4 is 11.3 Å². The summed E-state index contributed by atoms with van der Waals surface area (Å²) in [5, 5.41) is 7.00. The molecule has 0 aromatic carbocycles. The highest BCUT2D eigenvalue weighted by Gasteiger charge is 2.12. The summed E-state index contributed by atoms with van der Waals surface area (Å²) in [5.41, 5.74) is 1.62. The van der Waals surface area contributed by atoms with Crippen molar-refractivity contribution in [2.45, 2.75) is 51.6 Å². The van der Waals surface area contributed by atoms with Crippen LogP contribution in [0.25, 0.3) is 0 Å². The molecule has 1 heterocycles. The Hall–Kier alpha value is -0.420. The van der Waals surface area contributed by atoms with Crippen LogP contribution in [0.1, 0.15) is 41.5 Å². The monoisotopic (exact) mass is 296 g/mol.